The summed E-state index contributed by atoms with van der Waals surface area (Å²) in [6.07, 6.45) is 69.5. The molecule has 1 heterocycles. The van der Waals surface area contributed by atoms with Crippen LogP contribution in [0.4, 0.5) is 0 Å². The van der Waals surface area contributed by atoms with E-state index in [2.05, 4.69) is 104 Å². The van der Waals surface area contributed by atoms with Crippen LogP contribution in [0.25, 0.3) is 16.9 Å². The van der Waals surface area contributed by atoms with Gasteiger partial charge >= 0.3 is 20.4 Å². The van der Waals surface area contributed by atoms with Gasteiger partial charge in [-0.2, -0.15) is 12.8 Å². The van der Waals surface area contributed by atoms with Gasteiger partial charge in [-0.25, -0.2) is 4.70 Å². The molecule has 3 rings (SSSR count). The number of hydrogen-bond acceptors (Lipinski definition) is 0. The average Bonchev–Trinajstić information content (AvgIpc) is 3.73. The summed E-state index contributed by atoms with van der Waals surface area (Å²) >= 11 is 0. The summed E-state index contributed by atoms with van der Waals surface area (Å²) in [5.41, 5.74) is 21.6. The van der Waals surface area contributed by atoms with Gasteiger partial charge in [0.25, 0.3) is 0 Å². The minimum absolute atomic E-state index is 0. The zero-order valence-electron chi connectivity index (χ0n) is 53.3. The molecule has 0 atom stereocenters. The maximum absolute atomic E-state index is 11.8. The topological polar surface area (TPSA) is 25.3 Å². The number of benzene rings is 2. The van der Waals surface area contributed by atoms with E-state index in [1.165, 1.54) is 292 Å². The summed E-state index contributed by atoms with van der Waals surface area (Å²) in [6.45, 7) is 21.4. The monoisotopic (exact) mass is 1170 g/mol. The predicted molar refractivity (Wildman–Crippen MR) is 349 cm³/mol. The van der Waals surface area contributed by atoms with Crippen LogP contribution in [0.15, 0.2) is 59.7 Å². The summed E-state index contributed by atoms with van der Waals surface area (Å²) in [5, 5.41) is 0. The Bertz CT molecular complexity index is 1590. The van der Waals surface area contributed by atoms with Crippen LogP contribution in [0.2, 0.25) is 0 Å². The second-order valence-corrected chi connectivity index (χ2v) is 23.9. The van der Waals surface area contributed by atoms with Crippen LogP contribution in [-0.4, -0.2) is 4.70 Å². The Balaban J connectivity index is 0.00000120. The number of aryl methyl sites for hydroxylation is 2. The Kier molecular flexibility index (Phi) is 57.0. The Hall–Kier alpha value is -1.82. The molecule has 0 spiro atoms. The molecule has 0 N–H and O–H groups in total. The van der Waals surface area contributed by atoms with Crippen LogP contribution < -0.4 is 0 Å². The molecule has 452 valence electrons. The number of hydrogen-bond donors (Lipinski definition) is 0. The quantitative estimate of drug-likeness (QED) is 0.0273. The van der Waals surface area contributed by atoms with Crippen molar-refractivity contribution in [1.82, 2.24) is 0 Å². The molecule has 2 aromatic rings. The van der Waals surface area contributed by atoms with E-state index in [0.717, 1.165) is 80.3 Å². The van der Waals surface area contributed by atoms with Gasteiger partial charge in [0.2, 0.25) is 11.4 Å². The van der Waals surface area contributed by atoms with Gasteiger partial charge < -0.3 is 19.4 Å². The molecule has 0 amide bonds. The second kappa shape index (κ2) is 58.4. The average molecular weight is 1170 g/mol. The molecular weight excluding hydrogens is 1040 g/mol. The minimum atomic E-state index is 0. The van der Waals surface area contributed by atoms with Crippen molar-refractivity contribution in [2.45, 2.75) is 369 Å². The molecular formula is C75H132N2Pd. The van der Waals surface area contributed by atoms with E-state index in [9.17, 15) is 5.53 Å². The standard InChI is InChI=1S/C33H46N2.2C21H43.Pd/c1-5-9-13-23-31-30(22-12-8-4)32(28-20-14-18-26(24-28)16-10-6-2)35(34)33(31)29-21-15-19-27(25-29)17-11-7-3;2*1-3-5-7-9-11-13-15-17-19-21-20-18-16-14-12-10-8-6-4-2;/h14-15,18-21,24-25H,5-13,16-17,22-23H2,1-4H3;2*1,3-21H2,2H3;/q;2*-1;+2. The smallest absolute Gasteiger partial charge is 0.493 e. The summed E-state index contributed by atoms with van der Waals surface area (Å²) in [4.78, 5) is 0. The van der Waals surface area contributed by atoms with Crippen molar-refractivity contribution >= 4 is 11.4 Å². The first-order valence-electron chi connectivity index (χ1n) is 34.7. The number of rotatable bonds is 51. The van der Waals surface area contributed by atoms with Crippen molar-refractivity contribution in [3.8, 4) is 0 Å². The van der Waals surface area contributed by atoms with Crippen molar-refractivity contribution in [3.05, 3.63) is 101 Å². The van der Waals surface area contributed by atoms with Gasteiger partial charge in [-0.1, -0.05) is 329 Å². The van der Waals surface area contributed by atoms with Crippen LogP contribution in [0.3, 0.4) is 0 Å². The number of unbranched alkanes of at least 4 members (excludes halogenated alkanes) is 41. The molecule has 78 heavy (non-hydrogen) atoms. The van der Waals surface area contributed by atoms with E-state index < -0.39 is 0 Å². The van der Waals surface area contributed by atoms with Crippen molar-refractivity contribution in [2.75, 3.05) is 0 Å². The third-order valence-electron chi connectivity index (χ3n) is 16.4. The maximum atomic E-state index is 11.8. The van der Waals surface area contributed by atoms with Crippen LogP contribution in [-0.2, 0) is 33.3 Å². The van der Waals surface area contributed by atoms with E-state index in [0.29, 0.717) is 0 Å². The third-order valence-corrected chi connectivity index (χ3v) is 16.4. The zero-order chi connectivity index (χ0) is 55.9. The molecule has 0 unspecified atom stereocenters. The van der Waals surface area contributed by atoms with E-state index >= 15 is 0 Å². The summed E-state index contributed by atoms with van der Waals surface area (Å²) in [5.74, 6) is 0. The molecule has 0 aliphatic carbocycles. The van der Waals surface area contributed by atoms with Crippen LogP contribution >= 0.6 is 0 Å². The molecule has 0 aromatic heterocycles. The molecule has 0 radical (unpaired) electrons. The van der Waals surface area contributed by atoms with Crippen molar-refractivity contribution in [2.24, 2.45) is 0 Å². The van der Waals surface area contributed by atoms with Crippen LogP contribution in [0.5, 0.6) is 0 Å². The largest absolute Gasteiger partial charge is 2.00 e. The third kappa shape index (κ3) is 40.4. The van der Waals surface area contributed by atoms with Crippen LogP contribution in [0.1, 0.15) is 378 Å². The van der Waals surface area contributed by atoms with Gasteiger partial charge in [-0.05, 0) is 86.8 Å². The number of allylic oxidation sites excluding steroid dienone is 2. The normalized spacial score (nSPS) is 12.2. The van der Waals surface area contributed by atoms with Gasteiger partial charge in [0, 0.05) is 22.3 Å². The van der Waals surface area contributed by atoms with E-state index in [1.54, 1.807) is 4.70 Å². The van der Waals surface area contributed by atoms with Gasteiger partial charge in [0.1, 0.15) is 0 Å². The minimum Gasteiger partial charge on any atom is -0.493 e. The summed E-state index contributed by atoms with van der Waals surface area (Å²) in [6, 6.07) is 17.8. The predicted octanol–water partition coefficient (Wildman–Crippen LogP) is 26.8. The Morgan fingerprint density at radius 3 is 0.795 bits per heavy atom. The first-order chi connectivity index (χ1) is 38.0. The van der Waals surface area contributed by atoms with Crippen molar-refractivity contribution < 1.29 is 25.1 Å². The first kappa shape index (κ1) is 76.2. The van der Waals surface area contributed by atoms with E-state index in [1.807, 2.05) is 0 Å². The van der Waals surface area contributed by atoms with Crippen LogP contribution in [0, 0.1) is 13.8 Å². The molecule has 1 aliphatic rings. The second-order valence-electron chi connectivity index (χ2n) is 23.9. The zero-order valence-corrected chi connectivity index (χ0v) is 54.9. The molecule has 2 nitrogen and oxygen atoms in total. The molecule has 0 saturated carbocycles. The van der Waals surface area contributed by atoms with Gasteiger partial charge in [-0.3, -0.25) is 0 Å². The Morgan fingerprint density at radius 1 is 0.295 bits per heavy atom. The van der Waals surface area contributed by atoms with E-state index in [-0.39, 0.29) is 20.4 Å². The SMILES string of the molecule is CCCCCC1=C(c2cccc(CCCC)c2)[N+](=[N-])C(c2cccc(CCCC)c2)=C1CCCC.[CH2-]CCCCCCCCCCCCCCCCCCCC.[CH2-]CCCCCCCCCCCCCCCCCCCC.[Pd+2]. The molecule has 2 aromatic carbocycles. The fourth-order valence-electron chi connectivity index (χ4n) is 11.4. The van der Waals surface area contributed by atoms with Gasteiger partial charge in [0.05, 0.1) is 0 Å². The van der Waals surface area contributed by atoms with Crippen molar-refractivity contribution in [1.29, 1.82) is 0 Å². The molecule has 0 bridgehead atoms. The van der Waals surface area contributed by atoms with E-state index in [4.69, 9.17) is 0 Å². The fourth-order valence-corrected chi connectivity index (χ4v) is 11.4. The summed E-state index contributed by atoms with van der Waals surface area (Å²) in [7, 11) is 0. The first-order valence-corrected chi connectivity index (χ1v) is 34.7. The van der Waals surface area contributed by atoms with Gasteiger partial charge in [-0.15, -0.1) is 0 Å². The Morgan fingerprint density at radius 2 is 0.526 bits per heavy atom. The molecule has 0 saturated heterocycles. The Labute approximate surface area is 503 Å². The summed E-state index contributed by atoms with van der Waals surface area (Å²) < 4.78 is 1.55. The fraction of sp³-hybridized carbons (Fsp3) is 0.760. The molecule has 1 aliphatic heterocycles. The number of nitrogens with zero attached hydrogens (tertiary/aromatic N) is 2. The molecule has 0 fully saturated rings. The van der Waals surface area contributed by atoms with Gasteiger partial charge in [0.15, 0.2) is 0 Å². The maximum Gasteiger partial charge on any atom is 2.00 e. The molecule has 3 heteroatoms. The van der Waals surface area contributed by atoms with Crippen molar-refractivity contribution in [3.63, 3.8) is 0 Å².